The lowest BCUT2D eigenvalue weighted by molar-refractivity contribution is 0.311. The summed E-state index contributed by atoms with van der Waals surface area (Å²) in [5, 5.41) is 0.687. The van der Waals surface area contributed by atoms with Crippen LogP contribution in [0.3, 0.4) is 0 Å². The molecule has 0 fully saturated rings. The zero-order valence-corrected chi connectivity index (χ0v) is 17.3. The second-order valence-electron chi connectivity index (χ2n) is 5.58. The minimum atomic E-state index is -0.270. The molecular formula is C20H17Cl4FO2. The highest BCUT2D eigenvalue weighted by Gasteiger charge is 2.11. The smallest absolute Gasteiger partial charge is 0.156 e. The maximum Gasteiger partial charge on any atom is 0.156 e. The van der Waals surface area contributed by atoms with Gasteiger partial charge in [0, 0.05) is 12.1 Å². The van der Waals surface area contributed by atoms with Gasteiger partial charge in [-0.3, -0.25) is 0 Å². The number of ether oxygens (including phenoxy) is 2. The van der Waals surface area contributed by atoms with Crippen molar-refractivity contribution in [3.63, 3.8) is 0 Å². The average Bonchev–Trinajstić information content (AvgIpc) is 2.60. The van der Waals surface area contributed by atoms with E-state index < -0.39 is 0 Å². The molecule has 0 aromatic heterocycles. The molecule has 0 heterocycles. The third-order valence-corrected chi connectivity index (χ3v) is 4.45. The molecule has 0 bridgehead atoms. The van der Waals surface area contributed by atoms with E-state index in [1.54, 1.807) is 24.3 Å². The van der Waals surface area contributed by atoms with Gasteiger partial charge in [0.25, 0.3) is 0 Å². The first kappa shape index (κ1) is 21.9. The molecule has 0 amide bonds. The fourth-order valence-corrected chi connectivity index (χ4v) is 2.95. The SMILES string of the molecule is C=C(CCCOc1c(Cl)cc(OCC=C(Cl)Cl)cc1Cl)c1ccc(F)cc1. The van der Waals surface area contributed by atoms with E-state index in [2.05, 4.69) is 6.58 Å². The molecule has 0 unspecified atom stereocenters. The van der Waals surface area contributed by atoms with E-state index in [1.165, 1.54) is 18.2 Å². The quantitative estimate of drug-likeness (QED) is 0.365. The van der Waals surface area contributed by atoms with Gasteiger partial charge >= 0.3 is 0 Å². The van der Waals surface area contributed by atoms with Gasteiger partial charge in [0.1, 0.15) is 22.7 Å². The summed E-state index contributed by atoms with van der Waals surface area (Å²) >= 11 is 23.5. The average molecular weight is 450 g/mol. The molecular weight excluding hydrogens is 433 g/mol. The molecule has 27 heavy (non-hydrogen) atoms. The van der Waals surface area contributed by atoms with Crippen LogP contribution < -0.4 is 9.47 Å². The van der Waals surface area contributed by atoms with Gasteiger partial charge in [-0.2, -0.15) is 0 Å². The van der Waals surface area contributed by atoms with Crippen LogP contribution in [0.1, 0.15) is 18.4 Å². The van der Waals surface area contributed by atoms with Crippen LogP contribution in [-0.4, -0.2) is 13.2 Å². The number of halogens is 5. The molecule has 2 nitrogen and oxygen atoms in total. The molecule has 0 spiro atoms. The first-order valence-electron chi connectivity index (χ1n) is 8.06. The Bertz CT molecular complexity index is 792. The van der Waals surface area contributed by atoms with E-state index in [-0.39, 0.29) is 16.9 Å². The van der Waals surface area contributed by atoms with Crippen LogP contribution in [0, 0.1) is 5.82 Å². The minimum absolute atomic E-state index is 0.120. The Morgan fingerprint density at radius 1 is 1.04 bits per heavy atom. The zero-order chi connectivity index (χ0) is 19.8. The van der Waals surface area contributed by atoms with Gasteiger partial charge in [-0.25, -0.2) is 4.39 Å². The van der Waals surface area contributed by atoms with Gasteiger partial charge in [0.2, 0.25) is 0 Å². The molecule has 0 saturated heterocycles. The Morgan fingerprint density at radius 3 is 2.26 bits per heavy atom. The van der Waals surface area contributed by atoms with Crippen molar-refractivity contribution >= 4 is 52.0 Å². The van der Waals surface area contributed by atoms with E-state index in [1.807, 2.05) is 0 Å². The van der Waals surface area contributed by atoms with Gasteiger partial charge in [-0.15, -0.1) is 0 Å². The van der Waals surface area contributed by atoms with E-state index in [9.17, 15) is 4.39 Å². The lowest BCUT2D eigenvalue weighted by Crippen LogP contribution is -2.00. The third kappa shape index (κ3) is 7.27. The number of hydrogen-bond acceptors (Lipinski definition) is 2. The minimum Gasteiger partial charge on any atom is -0.490 e. The monoisotopic (exact) mass is 448 g/mol. The predicted octanol–water partition coefficient (Wildman–Crippen LogP) is 7.70. The lowest BCUT2D eigenvalue weighted by atomic mass is 10.0. The van der Waals surface area contributed by atoms with E-state index in [0.29, 0.717) is 41.0 Å². The van der Waals surface area contributed by atoms with Crippen LogP contribution in [0.25, 0.3) is 5.57 Å². The largest absolute Gasteiger partial charge is 0.490 e. The maximum absolute atomic E-state index is 13.0. The molecule has 0 saturated carbocycles. The van der Waals surface area contributed by atoms with Gasteiger partial charge < -0.3 is 9.47 Å². The van der Waals surface area contributed by atoms with Crippen molar-refractivity contribution in [3.05, 3.63) is 75.0 Å². The van der Waals surface area contributed by atoms with Crippen LogP contribution in [0.2, 0.25) is 10.0 Å². The Hall–Kier alpha value is -1.39. The topological polar surface area (TPSA) is 18.5 Å². The fourth-order valence-electron chi connectivity index (χ4n) is 2.25. The lowest BCUT2D eigenvalue weighted by Gasteiger charge is -2.12. The predicted molar refractivity (Wildman–Crippen MR) is 112 cm³/mol. The van der Waals surface area contributed by atoms with Crippen molar-refractivity contribution in [1.29, 1.82) is 0 Å². The Balaban J connectivity index is 1.85. The second-order valence-corrected chi connectivity index (χ2v) is 7.41. The summed E-state index contributed by atoms with van der Waals surface area (Å²) in [6.45, 7) is 4.62. The van der Waals surface area contributed by atoms with Crippen molar-refractivity contribution in [2.75, 3.05) is 13.2 Å². The number of rotatable bonds is 9. The maximum atomic E-state index is 13.0. The molecule has 144 valence electrons. The van der Waals surface area contributed by atoms with Gasteiger partial charge in [0.15, 0.2) is 5.75 Å². The third-order valence-electron chi connectivity index (χ3n) is 3.58. The van der Waals surface area contributed by atoms with Crippen LogP contribution in [0.5, 0.6) is 11.5 Å². The normalized spacial score (nSPS) is 10.4. The highest BCUT2D eigenvalue weighted by atomic mass is 35.5. The molecule has 0 atom stereocenters. The molecule has 2 aromatic rings. The molecule has 7 heteroatoms. The molecule has 0 aliphatic heterocycles. The van der Waals surface area contributed by atoms with Gasteiger partial charge in [-0.05, 0) is 42.2 Å². The highest BCUT2D eigenvalue weighted by Crippen LogP contribution is 2.37. The highest BCUT2D eigenvalue weighted by molar-refractivity contribution is 6.55. The summed E-state index contributed by atoms with van der Waals surface area (Å²) in [5.74, 6) is 0.602. The van der Waals surface area contributed by atoms with Crippen LogP contribution in [-0.2, 0) is 0 Å². The van der Waals surface area contributed by atoms with Crippen molar-refractivity contribution in [2.24, 2.45) is 0 Å². The van der Waals surface area contributed by atoms with E-state index in [0.717, 1.165) is 11.1 Å². The standard InChI is InChI=1S/C20H17Cl4FO2/c1-13(14-4-6-15(25)7-5-14)3-2-9-27-20-17(21)11-16(12-18(20)22)26-10-8-19(23)24/h4-8,11-12H,1-3,9-10H2. The van der Waals surface area contributed by atoms with Crippen molar-refractivity contribution < 1.29 is 13.9 Å². The van der Waals surface area contributed by atoms with Gasteiger partial charge in [0.05, 0.1) is 16.7 Å². The Morgan fingerprint density at radius 2 is 1.67 bits per heavy atom. The molecule has 0 aliphatic carbocycles. The summed E-state index contributed by atoms with van der Waals surface area (Å²) in [5.41, 5.74) is 1.81. The van der Waals surface area contributed by atoms with E-state index in [4.69, 9.17) is 55.9 Å². The summed E-state index contributed by atoms with van der Waals surface area (Å²) in [7, 11) is 0. The Labute approximate surface area is 178 Å². The van der Waals surface area contributed by atoms with E-state index >= 15 is 0 Å². The summed E-state index contributed by atoms with van der Waals surface area (Å²) < 4.78 is 24.2. The number of allylic oxidation sites excluding steroid dienone is 1. The molecule has 2 aromatic carbocycles. The first-order chi connectivity index (χ1) is 12.9. The summed E-state index contributed by atoms with van der Waals surface area (Å²) in [6, 6.07) is 9.45. The molecule has 0 N–H and O–H groups in total. The van der Waals surface area contributed by atoms with Crippen LogP contribution in [0.15, 0.2) is 53.5 Å². The Kier molecular flexibility index (Phi) is 8.78. The molecule has 2 rings (SSSR count). The number of benzene rings is 2. The molecule has 0 radical (unpaired) electrons. The van der Waals surface area contributed by atoms with Gasteiger partial charge in [-0.1, -0.05) is 65.1 Å². The second kappa shape index (κ2) is 10.8. The zero-order valence-electron chi connectivity index (χ0n) is 14.3. The molecule has 0 aliphatic rings. The van der Waals surface area contributed by atoms with Crippen molar-refractivity contribution in [3.8, 4) is 11.5 Å². The summed E-state index contributed by atoms with van der Waals surface area (Å²) in [4.78, 5) is 0. The van der Waals surface area contributed by atoms with Crippen molar-refractivity contribution in [2.45, 2.75) is 12.8 Å². The first-order valence-corrected chi connectivity index (χ1v) is 9.57. The summed E-state index contributed by atoms with van der Waals surface area (Å²) in [6.07, 6.45) is 2.91. The van der Waals surface area contributed by atoms with Crippen molar-refractivity contribution in [1.82, 2.24) is 0 Å². The fraction of sp³-hybridized carbons (Fsp3) is 0.200. The van der Waals surface area contributed by atoms with Crippen LogP contribution in [0.4, 0.5) is 4.39 Å². The van der Waals surface area contributed by atoms with Crippen LogP contribution >= 0.6 is 46.4 Å². The number of hydrogen-bond donors (Lipinski definition) is 0.